The molecule has 0 bridgehead atoms. The van der Waals surface area contributed by atoms with Gasteiger partial charge in [-0.3, -0.25) is 0 Å². The lowest BCUT2D eigenvalue weighted by atomic mass is 9.97. The van der Waals surface area contributed by atoms with Crippen LogP contribution in [0.3, 0.4) is 0 Å². The predicted octanol–water partition coefficient (Wildman–Crippen LogP) is 4.08. The molecule has 1 atom stereocenters. The van der Waals surface area contributed by atoms with Crippen LogP contribution >= 0.6 is 38.5 Å². The molecule has 0 aliphatic carbocycles. The second-order valence-electron chi connectivity index (χ2n) is 4.79. The molecule has 0 amide bonds. The van der Waals surface area contributed by atoms with E-state index in [-0.39, 0.29) is 5.63 Å². The van der Waals surface area contributed by atoms with Crippen molar-refractivity contribution >= 4 is 49.5 Å². The van der Waals surface area contributed by atoms with E-state index in [2.05, 4.69) is 44.6 Å². The summed E-state index contributed by atoms with van der Waals surface area (Å²) < 4.78 is 12.7. The van der Waals surface area contributed by atoms with Crippen LogP contribution < -0.4 is 10.4 Å². The van der Waals surface area contributed by atoms with E-state index in [1.54, 1.807) is 0 Å². The van der Waals surface area contributed by atoms with E-state index in [0.29, 0.717) is 22.6 Å². The average molecular weight is 435 g/mol. The van der Waals surface area contributed by atoms with Gasteiger partial charge in [0.1, 0.15) is 15.8 Å². The predicted molar refractivity (Wildman–Crippen MR) is 86.8 cm³/mol. The third kappa shape index (κ3) is 1.93. The number of ether oxygens (including phenoxy) is 1. The van der Waals surface area contributed by atoms with Gasteiger partial charge in [-0.1, -0.05) is 22.6 Å². The number of hydrogen-bond donors (Lipinski definition) is 0. The smallest absolute Gasteiger partial charge is 0.350 e. The fourth-order valence-electron chi connectivity index (χ4n) is 2.52. The van der Waals surface area contributed by atoms with Crippen molar-refractivity contribution in [3.05, 3.63) is 37.6 Å². The summed E-state index contributed by atoms with van der Waals surface area (Å²) in [7, 11) is 0. The van der Waals surface area contributed by atoms with Gasteiger partial charge in [0.2, 0.25) is 0 Å². The maximum absolute atomic E-state index is 11.8. The molecule has 3 rings (SSSR count). The minimum atomic E-state index is -0.337. The van der Waals surface area contributed by atoms with Crippen molar-refractivity contribution < 1.29 is 9.15 Å². The molecule has 1 aliphatic heterocycles. The zero-order valence-electron chi connectivity index (χ0n) is 10.5. The molecular weight excluding hydrogens is 423 g/mol. The zero-order chi connectivity index (χ0) is 13.7. The van der Waals surface area contributed by atoms with Gasteiger partial charge < -0.3 is 9.15 Å². The van der Waals surface area contributed by atoms with Crippen LogP contribution in [0.1, 0.15) is 22.6 Å². The minimum absolute atomic E-state index is 0.337. The number of halogens is 2. The van der Waals surface area contributed by atoms with Crippen molar-refractivity contribution in [2.75, 3.05) is 11.0 Å². The summed E-state index contributed by atoms with van der Waals surface area (Å²) in [5.74, 6) is 1.31. The number of hydrogen-bond acceptors (Lipinski definition) is 3. The molecule has 2 heterocycles. The Morgan fingerprint density at radius 3 is 2.84 bits per heavy atom. The largest absolute Gasteiger partial charge is 0.492 e. The van der Waals surface area contributed by atoms with E-state index in [1.807, 2.05) is 13.8 Å². The first-order valence-corrected chi connectivity index (χ1v) is 8.31. The van der Waals surface area contributed by atoms with E-state index in [9.17, 15) is 4.79 Å². The highest BCUT2D eigenvalue weighted by Crippen LogP contribution is 2.42. The van der Waals surface area contributed by atoms with Crippen LogP contribution in [0, 0.1) is 13.8 Å². The number of aryl methyl sites for hydroxylation is 2. The summed E-state index contributed by atoms with van der Waals surface area (Å²) in [5, 5.41) is 0.989. The van der Waals surface area contributed by atoms with Crippen molar-refractivity contribution in [1.82, 2.24) is 0 Å². The molecule has 0 fully saturated rings. The number of fused-ring (bicyclic) bond motifs is 2. The lowest BCUT2D eigenvalue weighted by Crippen LogP contribution is -2.04. The third-order valence-electron chi connectivity index (χ3n) is 3.65. The lowest BCUT2D eigenvalue weighted by molar-refractivity contribution is 0.337. The van der Waals surface area contributed by atoms with E-state index in [1.165, 1.54) is 5.56 Å². The summed E-state index contributed by atoms with van der Waals surface area (Å²) in [6.07, 6.45) is 0. The Hall–Kier alpha value is -0.560. The van der Waals surface area contributed by atoms with Crippen LogP contribution in [0.5, 0.6) is 5.75 Å². The van der Waals surface area contributed by atoms with Gasteiger partial charge in [0, 0.05) is 26.9 Å². The summed E-state index contributed by atoms with van der Waals surface area (Å²) in [6.45, 7) is 4.59. The van der Waals surface area contributed by atoms with Crippen molar-refractivity contribution in [1.29, 1.82) is 0 Å². The molecule has 1 aromatic carbocycles. The van der Waals surface area contributed by atoms with Crippen molar-refractivity contribution in [3.63, 3.8) is 0 Å². The Morgan fingerprint density at radius 2 is 2.16 bits per heavy atom. The molecule has 0 radical (unpaired) electrons. The van der Waals surface area contributed by atoms with E-state index >= 15 is 0 Å². The normalized spacial score (nSPS) is 17.6. The lowest BCUT2D eigenvalue weighted by Gasteiger charge is -2.10. The molecule has 3 nitrogen and oxygen atoms in total. The molecule has 1 aliphatic rings. The maximum Gasteiger partial charge on any atom is 0.350 e. The summed E-state index contributed by atoms with van der Waals surface area (Å²) in [4.78, 5) is 11.8. The number of alkyl halides is 1. The van der Waals surface area contributed by atoms with Crippen LogP contribution in [0.25, 0.3) is 11.0 Å². The third-order valence-corrected chi connectivity index (χ3v) is 5.63. The molecule has 2 aromatic rings. The molecule has 0 N–H and O–H groups in total. The first kappa shape index (κ1) is 13.4. The SMILES string of the molecule is Cc1c(Br)c(=O)oc2c(C)c3c(cc12)C(CI)CO3. The fraction of sp³-hybridized carbons (Fsp3) is 0.357. The van der Waals surface area contributed by atoms with E-state index < -0.39 is 0 Å². The van der Waals surface area contributed by atoms with Crippen molar-refractivity contribution in [3.8, 4) is 5.75 Å². The fourth-order valence-corrected chi connectivity index (χ4v) is 3.55. The van der Waals surface area contributed by atoms with Crippen LogP contribution in [0.4, 0.5) is 0 Å². The Kier molecular flexibility index (Phi) is 3.37. The highest BCUT2D eigenvalue weighted by molar-refractivity contribution is 14.1. The summed E-state index contributed by atoms with van der Waals surface area (Å²) >= 11 is 5.68. The first-order chi connectivity index (χ1) is 9.04. The van der Waals surface area contributed by atoms with Crippen LogP contribution in [0.2, 0.25) is 0 Å². The molecule has 0 spiro atoms. The van der Waals surface area contributed by atoms with Gasteiger partial charge in [-0.15, -0.1) is 0 Å². The van der Waals surface area contributed by atoms with Gasteiger partial charge in [-0.25, -0.2) is 4.79 Å². The van der Waals surface area contributed by atoms with E-state index in [4.69, 9.17) is 9.15 Å². The zero-order valence-corrected chi connectivity index (χ0v) is 14.3. The molecule has 1 unspecified atom stereocenters. The Bertz CT molecular complexity index is 736. The van der Waals surface area contributed by atoms with Crippen LogP contribution in [-0.2, 0) is 0 Å². The molecule has 100 valence electrons. The van der Waals surface area contributed by atoms with Crippen molar-refractivity contribution in [2.24, 2.45) is 0 Å². The molecular formula is C14H12BrIO3. The van der Waals surface area contributed by atoms with Gasteiger partial charge >= 0.3 is 5.63 Å². The maximum atomic E-state index is 11.8. The highest BCUT2D eigenvalue weighted by atomic mass is 127. The van der Waals surface area contributed by atoms with Gasteiger partial charge in [-0.2, -0.15) is 0 Å². The molecule has 0 saturated heterocycles. The second kappa shape index (κ2) is 4.77. The topological polar surface area (TPSA) is 39.4 Å². The Labute approximate surface area is 132 Å². The molecule has 5 heteroatoms. The number of benzene rings is 1. The van der Waals surface area contributed by atoms with Crippen LogP contribution in [0.15, 0.2) is 19.8 Å². The molecule has 19 heavy (non-hydrogen) atoms. The first-order valence-electron chi connectivity index (χ1n) is 5.99. The Balaban J connectivity index is 2.43. The van der Waals surface area contributed by atoms with Gasteiger partial charge in [0.05, 0.1) is 6.61 Å². The van der Waals surface area contributed by atoms with Gasteiger partial charge in [0.25, 0.3) is 0 Å². The molecule has 1 aromatic heterocycles. The van der Waals surface area contributed by atoms with E-state index in [0.717, 1.165) is 26.7 Å². The standard InChI is InChI=1S/C14H12BrIO3/c1-6-9-3-10-8(4-16)5-18-12(10)7(2)13(9)19-14(17)11(6)15/h3,8H,4-5H2,1-2H3. The average Bonchev–Trinajstić information content (AvgIpc) is 2.81. The highest BCUT2D eigenvalue weighted by Gasteiger charge is 2.27. The van der Waals surface area contributed by atoms with Crippen molar-refractivity contribution in [2.45, 2.75) is 19.8 Å². The van der Waals surface area contributed by atoms with Crippen LogP contribution in [-0.4, -0.2) is 11.0 Å². The summed E-state index contributed by atoms with van der Waals surface area (Å²) in [5.41, 5.74) is 3.38. The summed E-state index contributed by atoms with van der Waals surface area (Å²) in [6, 6.07) is 2.11. The quantitative estimate of drug-likeness (QED) is 0.385. The monoisotopic (exact) mass is 434 g/mol. The Morgan fingerprint density at radius 1 is 1.42 bits per heavy atom. The molecule has 0 saturated carbocycles. The second-order valence-corrected chi connectivity index (χ2v) is 6.46. The van der Waals surface area contributed by atoms with Gasteiger partial charge in [0.15, 0.2) is 0 Å². The minimum Gasteiger partial charge on any atom is -0.492 e. The number of rotatable bonds is 1. The van der Waals surface area contributed by atoms with Gasteiger partial charge in [-0.05, 0) is 41.4 Å².